The average Bonchev–Trinajstić information content (AvgIpc) is 2.27. The van der Waals surface area contributed by atoms with Crippen molar-refractivity contribution in [2.45, 2.75) is 23.6 Å². The fraction of sp³-hybridized carbons (Fsp3) is 0.143. The van der Waals surface area contributed by atoms with Crippen LogP contribution in [-0.2, 0) is 0 Å². The van der Waals surface area contributed by atoms with E-state index in [9.17, 15) is 0 Å². The lowest BCUT2D eigenvalue weighted by Gasteiger charge is -2.22. The van der Waals surface area contributed by atoms with Gasteiger partial charge in [-0.05, 0) is 43.2 Å². The third-order valence-electron chi connectivity index (χ3n) is 2.79. The van der Waals surface area contributed by atoms with E-state index in [1.54, 1.807) is 0 Å². The average molecular weight is 227 g/mol. The molecule has 2 heteroatoms. The summed E-state index contributed by atoms with van der Waals surface area (Å²) in [7, 11) is 0. The maximum Gasteiger partial charge on any atom is 0.0531 e. The molecule has 0 fully saturated rings. The summed E-state index contributed by atoms with van der Waals surface area (Å²) in [6, 6.07) is 12.9. The molecule has 0 saturated heterocycles. The zero-order chi connectivity index (χ0) is 11.1. The molecule has 1 heterocycles. The number of fused-ring (bicyclic) bond motifs is 2. The largest absolute Gasteiger partial charge is 0.354 e. The Labute approximate surface area is 99.9 Å². The number of para-hydroxylation sites is 1. The van der Waals surface area contributed by atoms with Crippen molar-refractivity contribution in [3.05, 3.63) is 47.5 Å². The van der Waals surface area contributed by atoms with Gasteiger partial charge in [-0.15, -0.1) is 0 Å². The summed E-state index contributed by atoms with van der Waals surface area (Å²) in [5, 5.41) is 3.50. The van der Waals surface area contributed by atoms with Gasteiger partial charge < -0.3 is 5.32 Å². The highest BCUT2D eigenvalue weighted by atomic mass is 32.2. The maximum absolute atomic E-state index is 3.50. The van der Waals surface area contributed by atoms with Gasteiger partial charge in [-0.2, -0.15) is 0 Å². The molecule has 1 nitrogen and oxygen atoms in total. The second-order valence-electron chi connectivity index (χ2n) is 4.18. The van der Waals surface area contributed by atoms with Gasteiger partial charge in [0.1, 0.15) is 0 Å². The molecule has 0 bridgehead atoms. The molecule has 0 aromatic heterocycles. The van der Waals surface area contributed by atoms with Crippen LogP contribution in [0.15, 0.2) is 46.2 Å². The fourth-order valence-corrected chi connectivity index (χ4v) is 3.13. The van der Waals surface area contributed by atoms with Crippen LogP contribution in [0, 0.1) is 13.8 Å². The number of rotatable bonds is 0. The van der Waals surface area contributed by atoms with Gasteiger partial charge in [0, 0.05) is 9.79 Å². The number of benzene rings is 2. The van der Waals surface area contributed by atoms with Crippen molar-refractivity contribution < 1.29 is 0 Å². The molecule has 1 aliphatic heterocycles. The Morgan fingerprint density at radius 2 is 1.81 bits per heavy atom. The van der Waals surface area contributed by atoms with Crippen LogP contribution >= 0.6 is 11.8 Å². The number of nitrogens with one attached hydrogen (secondary N) is 1. The standard InChI is InChI=1S/C14H13NS/c1-9-7-10(2)14-12(8-9)15-11-5-3-4-6-13(11)16-14/h3-8,15H,1-2H3. The van der Waals surface area contributed by atoms with E-state index in [0.717, 1.165) is 0 Å². The Hall–Kier alpha value is -1.41. The van der Waals surface area contributed by atoms with Gasteiger partial charge in [-0.25, -0.2) is 0 Å². The predicted octanol–water partition coefficient (Wildman–Crippen LogP) is 4.51. The van der Waals surface area contributed by atoms with Crippen molar-refractivity contribution in [1.29, 1.82) is 0 Å². The molecule has 16 heavy (non-hydrogen) atoms. The first-order chi connectivity index (χ1) is 7.74. The monoisotopic (exact) mass is 227 g/mol. The molecule has 0 atom stereocenters. The minimum atomic E-state index is 1.21. The lowest BCUT2D eigenvalue weighted by atomic mass is 10.1. The molecule has 0 saturated carbocycles. The molecule has 0 radical (unpaired) electrons. The second kappa shape index (κ2) is 3.56. The van der Waals surface area contributed by atoms with Crippen LogP contribution in [0.25, 0.3) is 0 Å². The smallest absolute Gasteiger partial charge is 0.0531 e. The second-order valence-corrected chi connectivity index (χ2v) is 5.23. The van der Waals surface area contributed by atoms with E-state index in [1.165, 1.54) is 32.3 Å². The predicted molar refractivity (Wildman–Crippen MR) is 69.8 cm³/mol. The summed E-state index contributed by atoms with van der Waals surface area (Å²) < 4.78 is 0. The third-order valence-corrected chi connectivity index (χ3v) is 4.11. The molecule has 0 unspecified atom stereocenters. The fourth-order valence-electron chi connectivity index (χ4n) is 2.10. The number of hydrogen-bond donors (Lipinski definition) is 1. The first-order valence-corrected chi connectivity index (χ1v) is 6.21. The Morgan fingerprint density at radius 1 is 1.00 bits per heavy atom. The SMILES string of the molecule is Cc1cc(C)c2c(c1)Nc1ccccc1S2. The lowest BCUT2D eigenvalue weighted by molar-refractivity contribution is 1.22. The molecule has 0 spiro atoms. The molecule has 0 amide bonds. The molecule has 3 rings (SSSR count). The zero-order valence-electron chi connectivity index (χ0n) is 9.37. The van der Waals surface area contributed by atoms with E-state index in [0.29, 0.717) is 0 Å². The normalized spacial score (nSPS) is 12.6. The molecule has 80 valence electrons. The molecule has 1 N–H and O–H groups in total. The van der Waals surface area contributed by atoms with Crippen LogP contribution in [0.3, 0.4) is 0 Å². The van der Waals surface area contributed by atoms with Gasteiger partial charge in [-0.1, -0.05) is 30.0 Å². The van der Waals surface area contributed by atoms with Crippen molar-refractivity contribution in [2.24, 2.45) is 0 Å². The van der Waals surface area contributed by atoms with Gasteiger partial charge >= 0.3 is 0 Å². The van der Waals surface area contributed by atoms with E-state index in [4.69, 9.17) is 0 Å². The maximum atomic E-state index is 3.50. The third kappa shape index (κ3) is 1.50. The zero-order valence-corrected chi connectivity index (χ0v) is 10.2. The molecule has 2 aromatic carbocycles. The molecule has 0 aliphatic carbocycles. The Morgan fingerprint density at radius 3 is 2.69 bits per heavy atom. The van der Waals surface area contributed by atoms with E-state index in [1.807, 2.05) is 11.8 Å². The summed E-state index contributed by atoms with van der Waals surface area (Å²) in [5.74, 6) is 0. The Kier molecular flexibility index (Phi) is 2.18. The highest BCUT2D eigenvalue weighted by Gasteiger charge is 2.16. The van der Waals surface area contributed by atoms with E-state index in [-0.39, 0.29) is 0 Å². The summed E-state index contributed by atoms with van der Waals surface area (Å²) in [6.07, 6.45) is 0. The van der Waals surface area contributed by atoms with Gasteiger partial charge in [0.05, 0.1) is 11.4 Å². The van der Waals surface area contributed by atoms with E-state index in [2.05, 4.69) is 55.6 Å². The van der Waals surface area contributed by atoms with E-state index >= 15 is 0 Å². The van der Waals surface area contributed by atoms with E-state index < -0.39 is 0 Å². The topological polar surface area (TPSA) is 12.0 Å². The van der Waals surface area contributed by atoms with Crippen molar-refractivity contribution in [3.8, 4) is 0 Å². The first kappa shape index (κ1) is 9.79. The van der Waals surface area contributed by atoms with Crippen LogP contribution < -0.4 is 5.32 Å². The number of hydrogen-bond acceptors (Lipinski definition) is 2. The first-order valence-electron chi connectivity index (χ1n) is 5.39. The van der Waals surface area contributed by atoms with Crippen LogP contribution in [0.5, 0.6) is 0 Å². The van der Waals surface area contributed by atoms with Gasteiger partial charge in [0.2, 0.25) is 0 Å². The summed E-state index contributed by atoms with van der Waals surface area (Å²) in [6.45, 7) is 4.31. The van der Waals surface area contributed by atoms with Crippen LogP contribution in [0.4, 0.5) is 11.4 Å². The van der Waals surface area contributed by atoms with Crippen LogP contribution in [-0.4, -0.2) is 0 Å². The molecule has 2 aromatic rings. The van der Waals surface area contributed by atoms with Crippen LogP contribution in [0.1, 0.15) is 11.1 Å². The highest BCUT2D eigenvalue weighted by molar-refractivity contribution is 7.99. The quantitative estimate of drug-likeness (QED) is 0.606. The van der Waals surface area contributed by atoms with Crippen LogP contribution in [0.2, 0.25) is 0 Å². The van der Waals surface area contributed by atoms with Gasteiger partial charge in [0.15, 0.2) is 0 Å². The van der Waals surface area contributed by atoms with Crippen molar-refractivity contribution in [3.63, 3.8) is 0 Å². The molecular weight excluding hydrogens is 214 g/mol. The summed E-state index contributed by atoms with van der Waals surface area (Å²) >= 11 is 1.86. The highest BCUT2D eigenvalue weighted by Crippen LogP contribution is 2.45. The van der Waals surface area contributed by atoms with Gasteiger partial charge in [0.25, 0.3) is 0 Å². The minimum Gasteiger partial charge on any atom is -0.354 e. The van der Waals surface area contributed by atoms with Crippen molar-refractivity contribution in [2.75, 3.05) is 5.32 Å². The minimum absolute atomic E-state index is 1.21. The number of anilines is 2. The van der Waals surface area contributed by atoms with Crippen molar-refractivity contribution in [1.82, 2.24) is 0 Å². The summed E-state index contributed by atoms with van der Waals surface area (Å²) in [4.78, 5) is 2.66. The van der Waals surface area contributed by atoms with Gasteiger partial charge in [-0.3, -0.25) is 0 Å². The number of aryl methyl sites for hydroxylation is 2. The molecule has 1 aliphatic rings. The van der Waals surface area contributed by atoms with Crippen molar-refractivity contribution >= 4 is 23.1 Å². The Bertz CT molecular complexity index is 561. The summed E-state index contributed by atoms with van der Waals surface area (Å²) in [5.41, 5.74) is 5.11. The molecular formula is C14H13NS. The Balaban J connectivity index is 2.15. The lowest BCUT2D eigenvalue weighted by Crippen LogP contribution is -2.01.